The molecule has 5 rings (SSSR count). The summed E-state index contributed by atoms with van der Waals surface area (Å²) in [7, 11) is 0. The first-order valence-corrected chi connectivity index (χ1v) is 23.9. The van der Waals surface area contributed by atoms with E-state index in [0.29, 0.717) is 66.3 Å². The van der Waals surface area contributed by atoms with Gasteiger partial charge in [-0.1, -0.05) is 35.3 Å². The highest BCUT2D eigenvalue weighted by atomic mass is 35.5. The lowest BCUT2D eigenvalue weighted by atomic mass is 10.1. The maximum Gasteiger partial charge on any atom is 0.258 e. The normalized spacial score (nSPS) is 12.0. The second kappa shape index (κ2) is 26.5. The van der Waals surface area contributed by atoms with Crippen LogP contribution in [-0.4, -0.2) is 72.3 Å². The van der Waals surface area contributed by atoms with E-state index in [1.54, 1.807) is 24.3 Å². The van der Waals surface area contributed by atoms with Crippen molar-refractivity contribution in [1.29, 1.82) is 0 Å². The number of carbonyl (C=O) groups excluding carboxylic acids is 6. The predicted octanol–water partition coefficient (Wildman–Crippen LogP) is 12.0. The molecule has 0 saturated carbocycles. The molecule has 0 aliphatic heterocycles. The van der Waals surface area contributed by atoms with Gasteiger partial charge in [-0.05, 0) is 124 Å². The van der Waals surface area contributed by atoms with Crippen LogP contribution in [0.4, 0.5) is 34.1 Å². The largest absolute Gasteiger partial charge is 0.494 e. The molecule has 16 nitrogen and oxygen atoms in total. The summed E-state index contributed by atoms with van der Waals surface area (Å²) in [6.45, 7) is 6.85. The quantitative estimate of drug-likeness (QED) is 0.0279. The van der Waals surface area contributed by atoms with Gasteiger partial charge in [0, 0.05) is 52.5 Å². The van der Waals surface area contributed by atoms with Gasteiger partial charge in [0.25, 0.3) is 23.6 Å². The molecule has 0 aromatic heterocycles. The number of anilines is 4. The molecule has 5 aromatic rings. The van der Waals surface area contributed by atoms with Crippen LogP contribution in [0.5, 0.6) is 11.5 Å². The number of carbonyl (C=O) groups is 6. The summed E-state index contributed by atoms with van der Waals surface area (Å²) < 4.78 is 11.2. The molecule has 2 unspecified atom stereocenters. The zero-order valence-corrected chi connectivity index (χ0v) is 42.0. The second-order valence-electron chi connectivity index (χ2n) is 15.1. The Bertz CT molecular complexity index is 2830. The predicted molar refractivity (Wildman–Crippen MR) is 274 cm³/mol. The zero-order valence-electron chi connectivity index (χ0n) is 38.2. The molecule has 4 N–H and O–H groups in total. The molecule has 0 aliphatic carbocycles. The van der Waals surface area contributed by atoms with Crippen molar-refractivity contribution in [1.82, 2.24) is 0 Å². The van der Waals surface area contributed by atoms with Crippen LogP contribution in [0.1, 0.15) is 65.1 Å². The molecular weight excluding hydrogens is 1010 g/mol. The van der Waals surface area contributed by atoms with Gasteiger partial charge in [-0.2, -0.15) is 20.5 Å². The van der Waals surface area contributed by atoms with Crippen LogP contribution in [-0.2, 0) is 37.9 Å². The number of ether oxygens (including phenoxy) is 2. The van der Waals surface area contributed by atoms with Gasteiger partial charge in [0.05, 0.1) is 45.8 Å². The van der Waals surface area contributed by atoms with Crippen molar-refractivity contribution in [3.63, 3.8) is 0 Å². The number of alkyl halides is 3. The topological polar surface area (TPSA) is 218 Å². The van der Waals surface area contributed by atoms with E-state index in [4.69, 9.17) is 67.5 Å². The zero-order chi connectivity index (χ0) is 50.9. The molecule has 70 heavy (non-hydrogen) atoms. The van der Waals surface area contributed by atoms with Crippen molar-refractivity contribution >= 4 is 127 Å². The summed E-state index contributed by atoms with van der Waals surface area (Å²) in [6, 6.07) is 20.2. The third-order valence-electron chi connectivity index (χ3n) is 10.0. The average molecular weight is 1050 g/mol. The van der Waals surface area contributed by atoms with E-state index >= 15 is 0 Å². The fourth-order valence-electron chi connectivity index (χ4n) is 6.58. The van der Waals surface area contributed by atoms with Gasteiger partial charge in [0.1, 0.15) is 11.5 Å². The lowest BCUT2D eigenvalue weighted by Gasteiger charge is -2.15. The minimum Gasteiger partial charge on any atom is -0.494 e. The summed E-state index contributed by atoms with van der Waals surface area (Å²) in [5, 5.41) is 27.3. The van der Waals surface area contributed by atoms with Crippen LogP contribution >= 0.6 is 58.0 Å². The third-order valence-corrected chi connectivity index (χ3v) is 11.3. The lowest BCUT2D eigenvalue weighted by molar-refractivity contribution is -0.127. The van der Waals surface area contributed by atoms with Crippen LogP contribution in [0.2, 0.25) is 10.0 Å². The maximum absolute atomic E-state index is 13.5. The molecule has 0 aliphatic rings. The van der Waals surface area contributed by atoms with E-state index in [0.717, 1.165) is 25.0 Å². The van der Waals surface area contributed by atoms with E-state index in [1.165, 1.54) is 54.6 Å². The number of nitrogens with one attached hydrogen (secondary N) is 4. The second-order valence-corrected chi connectivity index (χ2v) is 16.9. The Morgan fingerprint density at radius 1 is 0.529 bits per heavy atom. The molecule has 4 amide bonds. The highest BCUT2D eigenvalue weighted by Crippen LogP contribution is 2.31. The number of halogens is 5. The van der Waals surface area contributed by atoms with Gasteiger partial charge in [0.15, 0.2) is 11.6 Å². The van der Waals surface area contributed by atoms with Crippen molar-refractivity contribution < 1.29 is 38.2 Å². The number of hydrogen-bond donors (Lipinski definition) is 4. The van der Waals surface area contributed by atoms with E-state index in [1.807, 2.05) is 26.0 Å². The minimum atomic E-state index is -1.62. The Hall–Kier alpha value is -6.43. The fraction of sp³-hybridized carbons (Fsp3) is 0.265. The number of nitrogens with zero attached hydrogens (tertiary/aromatic N) is 4. The van der Waals surface area contributed by atoms with Crippen molar-refractivity contribution in [2.45, 2.75) is 58.5 Å². The van der Waals surface area contributed by atoms with Gasteiger partial charge in [-0.15, -0.1) is 34.8 Å². The molecule has 0 heterocycles. The van der Waals surface area contributed by atoms with Crippen molar-refractivity contribution in [3.8, 4) is 11.5 Å². The van der Waals surface area contributed by atoms with Gasteiger partial charge in [0.2, 0.25) is 12.1 Å². The number of rotatable bonds is 23. The Morgan fingerprint density at radius 2 is 0.986 bits per heavy atom. The lowest BCUT2D eigenvalue weighted by Crippen LogP contribution is -2.32. The van der Waals surface area contributed by atoms with Gasteiger partial charge in [-0.25, -0.2) is 0 Å². The molecule has 366 valence electrons. The summed E-state index contributed by atoms with van der Waals surface area (Å²) in [5.41, 5.74) is 3.58. The molecule has 21 heteroatoms. The molecule has 2 atom stereocenters. The number of aryl methyl sites for hydroxylation is 2. The van der Waals surface area contributed by atoms with Crippen molar-refractivity contribution in [3.05, 3.63) is 129 Å². The van der Waals surface area contributed by atoms with Crippen LogP contribution in [0.15, 0.2) is 111 Å². The minimum absolute atomic E-state index is 0.0490. The Labute approximate surface area is 428 Å². The third kappa shape index (κ3) is 15.0. The number of azo groups is 2. The summed E-state index contributed by atoms with van der Waals surface area (Å²) >= 11 is 31.0. The van der Waals surface area contributed by atoms with E-state index < -0.39 is 47.3 Å². The van der Waals surface area contributed by atoms with Crippen LogP contribution in [0, 0.1) is 0 Å². The summed E-state index contributed by atoms with van der Waals surface area (Å²) in [5.74, 6) is -2.51. The molecule has 0 fully saturated rings. The first-order valence-electron chi connectivity index (χ1n) is 21.6. The number of benzene rings is 5. The number of amides is 4. The Morgan fingerprint density at radius 3 is 1.40 bits per heavy atom. The standard InChI is InChI=1S/C49H47Cl5N8O8/c1-5-69-35-12-7-29(17-19-50)42(24-35)57-46(65)37-22-33(9-14-39(37)53)59-61-44(27(3)63)48(67)55-32-11-16-41(31(21-32)26-52)56-49(68)45(28(4)64)62-60-34-10-15-40(54)38(23-34)47(66)58-43-25-36(70-6-2)13-8-30(43)18-20-51/h7-16,21-25,44-45H,5-6,17-20,26H2,1-4H3,(H,55,67)(H,56,68)(H,57,65)(H,58,66). The molecular formula is C49H47Cl5N8O8. The molecule has 0 spiro atoms. The average Bonchev–Trinajstić information content (AvgIpc) is 3.32. The molecule has 0 saturated heterocycles. The fourth-order valence-corrected chi connectivity index (χ4v) is 7.61. The van der Waals surface area contributed by atoms with Crippen LogP contribution in [0.25, 0.3) is 0 Å². The van der Waals surface area contributed by atoms with Gasteiger partial charge in [-0.3, -0.25) is 28.8 Å². The highest BCUT2D eigenvalue weighted by molar-refractivity contribution is 6.35. The van der Waals surface area contributed by atoms with E-state index in [-0.39, 0.29) is 49.8 Å². The van der Waals surface area contributed by atoms with Crippen LogP contribution in [0.3, 0.4) is 0 Å². The number of ketones is 2. The highest BCUT2D eigenvalue weighted by Gasteiger charge is 2.26. The molecule has 0 bridgehead atoms. The van der Waals surface area contributed by atoms with Crippen molar-refractivity contribution in [2.24, 2.45) is 20.5 Å². The van der Waals surface area contributed by atoms with Gasteiger partial charge >= 0.3 is 0 Å². The van der Waals surface area contributed by atoms with Crippen molar-refractivity contribution in [2.75, 3.05) is 46.2 Å². The monoisotopic (exact) mass is 1050 g/mol. The van der Waals surface area contributed by atoms with Crippen LogP contribution < -0.4 is 30.7 Å². The number of Topliss-reactive ketones (excluding diaryl/α,β-unsaturated/α-hetero) is 2. The van der Waals surface area contributed by atoms with E-state index in [2.05, 4.69) is 41.7 Å². The van der Waals surface area contributed by atoms with E-state index in [9.17, 15) is 28.8 Å². The SMILES string of the molecule is CCOc1ccc(CCCl)c(NC(=O)c2cc(N=NC(C(C)=O)C(=O)Nc3ccc(NC(=O)C(N=Nc4ccc(Cl)c(C(=O)Nc5cc(OCC)ccc5CCCl)c4)C(C)=O)c(CCl)c3)ccc2Cl)c1. The summed E-state index contributed by atoms with van der Waals surface area (Å²) in [6.07, 6.45) is 0.958. The summed E-state index contributed by atoms with van der Waals surface area (Å²) in [4.78, 5) is 79.2. The first-order chi connectivity index (χ1) is 33.6. The Balaban J connectivity index is 1.26. The smallest absolute Gasteiger partial charge is 0.258 e. The number of hydrogen-bond acceptors (Lipinski definition) is 12. The molecule has 0 radical (unpaired) electrons. The van der Waals surface area contributed by atoms with Gasteiger partial charge < -0.3 is 30.7 Å². The molecule has 5 aromatic carbocycles. The maximum atomic E-state index is 13.5. The Kier molecular flexibility index (Phi) is 20.7. The first kappa shape index (κ1) is 54.5.